The number of hydrogen-bond acceptors (Lipinski definition) is 4. The number of oxazole rings is 1. The van der Waals surface area contributed by atoms with Gasteiger partial charge in [0.15, 0.2) is 11.6 Å². The predicted molar refractivity (Wildman–Crippen MR) is 111 cm³/mol. The Labute approximate surface area is 175 Å². The number of halogens is 1. The zero-order valence-corrected chi connectivity index (χ0v) is 17.5. The van der Waals surface area contributed by atoms with Gasteiger partial charge in [-0.2, -0.15) is 5.10 Å². The van der Waals surface area contributed by atoms with Crippen LogP contribution in [0.25, 0.3) is 0 Å². The van der Waals surface area contributed by atoms with Crippen LogP contribution in [0.3, 0.4) is 0 Å². The highest BCUT2D eigenvalue weighted by atomic mass is 35.5. The second-order valence-corrected chi connectivity index (χ2v) is 8.03. The van der Waals surface area contributed by atoms with Gasteiger partial charge in [0, 0.05) is 35.8 Å². The van der Waals surface area contributed by atoms with Gasteiger partial charge in [-0.1, -0.05) is 30.7 Å². The molecule has 1 amide bonds. The van der Waals surface area contributed by atoms with Crippen LogP contribution in [0.5, 0.6) is 0 Å². The van der Waals surface area contributed by atoms with E-state index in [0.717, 1.165) is 48.4 Å². The third kappa shape index (κ3) is 4.22. The highest BCUT2D eigenvalue weighted by Gasteiger charge is 2.30. The lowest BCUT2D eigenvalue weighted by Gasteiger charge is -2.31. The summed E-state index contributed by atoms with van der Waals surface area (Å²) < 4.78 is 6.03. The fourth-order valence-corrected chi connectivity index (χ4v) is 4.15. The molecule has 0 bridgehead atoms. The Morgan fingerprint density at radius 1 is 1.41 bits per heavy atom. The Kier molecular flexibility index (Phi) is 5.72. The molecule has 1 aliphatic rings. The van der Waals surface area contributed by atoms with Crippen LogP contribution in [0.15, 0.2) is 34.9 Å². The van der Waals surface area contributed by atoms with Gasteiger partial charge >= 0.3 is 0 Å². The third-order valence-corrected chi connectivity index (χ3v) is 5.80. The quantitative estimate of drug-likeness (QED) is 0.667. The Bertz CT molecular complexity index is 1010. The van der Waals surface area contributed by atoms with Crippen molar-refractivity contribution in [2.75, 3.05) is 13.1 Å². The number of nitrogens with zero attached hydrogens (tertiary/aromatic N) is 3. The second kappa shape index (κ2) is 8.41. The van der Waals surface area contributed by atoms with Crippen LogP contribution in [-0.2, 0) is 12.8 Å². The average Bonchev–Trinajstić information content (AvgIpc) is 3.34. The summed E-state index contributed by atoms with van der Waals surface area (Å²) in [6.07, 6.45) is 5.14. The van der Waals surface area contributed by atoms with E-state index in [0.29, 0.717) is 29.6 Å². The van der Waals surface area contributed by atoms with E-state index in [4.69, 9.17) is 16.0 Å². The van der Waals surface area contributed by atoms with Crippen molar-refractivity contribution in [2.24, 2.45) is 0 Å². The Balaban J connectivity index is 1.45. The van der Waals surface area contributed by atoms with Gasteiger partial charge in [0.25, 0.3) is 5.91 Å². The number of nitrogens with one attached hydrogen (secondary N) is 1. The Hall–Kier alpha value is -2.60. The molecule has 1 N–H and O–H groups in total. The summed E-state index contributed by atoms with van der Waals surface area (Å²) in [6.45, 7) is 5.34. The maximum atomic E-state index is 13.0. The lowest BCUT2D eigenvalue weighted by molar-refractivity contribution is 0.0691. The van der Waals surface area contributed by atoms with Crippen molar-refractivity contribution >= 4 is 17.5 Å². The number of aryl methyl sites for hydroxylation is 1. The molecule has 0 spiro atoms. The monoisotopic (exact) mass is 412 g/mol. The highest BCUT2D eigenvalue weighted by molar-refractivity contribution is 6.30. The van der Waals surface area contributed by atoms with Crippen molar-refractivity contribution in [3.05, 3.63) is 69.7 Å². The van der Waals surface area contributed by atoms with Gasteiger partial charge in [0.1, 0.15) is 5.76 Å². The molecule has 152 valence electrons. The smallest absolute Gasteiger partial charge is 0.274 e. The minimum atomic E-state index is -0.0196. The fourth-order valence-electron chi connectivity index (χ4n) is 3.94. The number of piperidine rings is 1. The molecule has 1 aromatic carbocycles. The van der Waals surface area contributed by atoms with Gasteiger partial charge in [-0.3, -0.25) is 9.89 Å². The van der Waals surface area contributed by atoms with Crippen LogP contribution in [0.2, 0.25) is 5.02 Å². The van der Waals surface area contributed by atoms with E-state index in [9.17, 15) is 4.79 Å². The summed E-state index contributed by atoms with van der Waals surface area (Å²) in [5.41, 5.74) is 3.57. The Morgan fingerprint density at radius 3 is 3.03 bits per heavy atom. The highest BCUT2D eigenvalue weighted by Crippen LogP contribution is 2.28. The van der Waals surface area contributed by atoms with Crippen molar-refractivity contribution < 1.29 is 9.21 Å². The van der Waals surface area contributed by atoms with Crippen LogP contribution >= 0.6 is 11.6 Å². The summed E-state index contributed by atoms with van der Waals surface area (Å²) in [5, 5.41) is 7.94. The third-order valence-electron chi connectivity index (χ3n) is 5.56. The first kappa shape index (κ1) is 19.7. The van der Waals surface area contributed by atoms with Crippen LogP contribution in [0.4, 0.5) is 0 Å². The molecule has 0 aliphatic carbocycles. The molecule has 0 radical (unpaired) electrons. The predicted octanol–water partition coefficient (Wildman–Crippen LogP) is 4.53. The maximum absolute atomic E-state index is 13.0. The molecule has 0 saturated carbocycles. The molecule has 2 aromatic heterocycles. The van der Waals surface area contributed by atoms with E-state index in [2.05, 4.69) is 22.1 Å². The number of amides is 1. The first-order valence-corrected chi connectivity index (χ1v) is 10.4. The first-order valence-electron chi connectivity index (χ1n) is 10.1. The number of aromatic amines is 1. The molecule has 1 fully saturated rings. The van der Waals surface area contributed by atoms with Crippen molar-refractivity contribution in [3.63, 3.8) is 0 Å². The number of carbonyl (C=O) groups excluding carboxylic acids is 1. The molecule has 4 rings (SSSR count). The van der Waals surface area contributed by atoms with Crippen LogP contribution in [0.1, 0.15) is 64.6 Å². The molecule has 1 aliphatic heterocycles. The molecule has 29 heavy (non-hydrogen) atoms. The fraction of sp³-hybridized carbons (Fsp3) is 0.409. The summed E-state index contributed by atoms with van der Waals surface area (Å²) in [7, 11) is 0. The second-order valence-electron chi connectivity index (χ2n) is 7.59. The number of carbonyl (C=O) groups is 1. The number of hydrogen-bond donors (Lipinski definition) is 1. The molecule has 1 unspecified atom stereocenters. The molecule has 1 saturated heterocycles. The topological polar surface area (TPSA) is 75.0 Å². The van der Waals surface area contributed by atoms with E-state index in [1.54, 1.807) is 6.20 Å². The number of likely N-dealkylation sites (tertiary alicyclic amines) is 1. The molecule has 1 atom stereocenters. The van der Waals surface area contributed by atoms with Crippen molar-refractivity contribution in [3.8, 4) is 0 Å². The van der Waals surface area contributed by atoms with Gasteiger partial charge in [0.2, 0.25) is 0 Å². The number of benzene rings is 1. The maximum Gasteiger partial charge on any atom is 0.274 e. The number of rotatable bonds is 5. The van der Waals surface area contributed by atoms with Crippen LogP contribution < -0.4 is 0 Å². The number of H-pyrrole nitrogens is 1. The van der Waals surface area contributed by atoms with Gasteiger partial charge < -0.3 is 9.32 Å². The minimum absolute atomic E-state index is 0.0196. The summed E-state index contributed by atoms with van der Waals surface area (Å²) in [6, 6.07) is 7.74. The van der Waals surface area contributed by atoms with Crippen molar-refractivity contribution in [1.29, 1.82) is 0 Å². The lowest BCUT2D eigenvalue weighted by Crippen LogP contribution is -2.39. The molecular weight excluding hydrogens is 388 g/mol. The van der Waals surface area contributed by atoms with Gasteiger partial charge in [-0.15, -0.1) is 0 Å². The SMILES string of the molecule is CCc1[nH]nc(C(=O)N2CCCC(c3ncc(Cc4cccc(Cl)c4)o3)C2)c1C. The molecule has 3 aromatic rings. The normalized spacial score (nSPS) is 16.9. The standard InChI is InChI=1S/C22H25ClN4O2/c1-3-19-14(2)20(26-25-19)22(28)27-9-5-7-16(13-27)21-24-12-18(29-21)11-15-6-4-8-17(23)10-15/h4,6,8,10,12,16H,3,5,7,9,11,13H2,1-2H3,(H,25,26). The molecule has 6 nitrogen and oxygen atoms in total. The Morgan fingerprint density at radius 2 is 2.28 bits per heavy atom. The molecule has 3 heterocycles. The summed E-state index contributed by atoms with van der Waals surface area (Å²) >= 11 is 6.07. The van der Waals surface area contributed by atoms with Crippen LogP contribution in [0, 0.1) is 6.92 Å². The van der Waals surface area contributed by atoms with Gasteiger partial charge in [-0.05, 0) is 43.9 Å². The van der Waals surface area contributed by atoms with E-state index < -0.39 is 0 Å². The van der Waals surface area contributed by atoms with E-state index >= 15 is 0 Å². The zero-order valence-electron chi connectivity index (χ0n) is 16.7. The number of aromatic nitrogens is 3. The first-order chi connectivity index (χ1) is 14.0. The van der Waals surface area contributed by atoms with Gasteiger partial charge in [0.05, 0.1) is 12.1 Å². The summed E-state index contributed by atoms with van der Waals surface area (Å²) in [4.78, 5) is 19.4. The largest absolute Gasteiger partial charge is 0.445 e. The van der Waals surface area contributed by atoms with Crippen LogP contribution in [-0.4, -0.2) is 39.1 Å². The summed E-state index contributed by atoms with van der Waals surface area (Å²) in [5.74, 6) is 1.59. The lowest BCUT2D eigenvalue weighted by atomic mass is 9.97. The van der Waals surface area contributed by atoms with E-state index in [-0.39, 0.29) is 11.8 Å². The zero-order chi connectivity index (χ0) is 20.4. The van der Waals surface area contributed by atoms with Crippen molar-refractivity contribution in [1.82, 2.24) is 20.1 Å². The molecule has 7 heteroatoms. The van der Waals surface area contributed by atoms with E-state index in [1.165, 1.54) is 0 Å². The van der Waals surface area contributed by atoms with Crippen molar-refractivity contribution in [2.45, 2.75) is 45.4 Å². The average molecular weight is 413 g/mol. The van der Waals surface area contributed by atoms with E-state index in [1.807, 2.05) is 36.1 Å². The van der Waals surface area contributed by atoms with Gasteiger partial charge in [-0.25, -0.2) is 4.98 Å². The minimum Gasteiger partial charge on any atom is -0.445 e. The molecular formula is C22H25ClN4O2.